The number of carbonyl (C=O) groups is 1. The van der Waals surface area contributed by atoms with Gasteiger partial charge in [0.05, 0.1) is 12.2 Å². The Labute approximate surface area is 174 Å². The lowest BCUT2D eigenvalue weighted by molar-refractivity contribution is -0.120. The molecule has 3 aromatic rings. The molecular formula is C20H26B3N5O. The molecule has 0 saturated carbocycles. The lowest BCUT2D eigenvalue weighted by Crippen LogP contribution is -2.40. The third-order valence-corrected chi connectivity index (χ3v) is 5.64. The lowest BCUT2D eigenvalue weighted by atomic mass is 9.49. The van der Waals surface area contributed by atoms with Crippen LogP contribution in [-0.4, -0.2) is 68.2 Å². The number of likely N-dealkylation sites (tertiary alicyclic amines) is 1. The van der Waals surface area contributed by atoms with Crippen LogP contribution in [0.5, 0.6) is 0 Å². The molecule has 0 spiro atoms. The molecule has 1 N–H and O–H groups in total. The molecule has 1 aromatic carbocycles. The molecule has 1 fully saturated rings. The van der Waals surface area contributed by atoms with Gasteiger partial charge in [-0.25, -0.2) is 4.98 Å². The van der Waals surface area contributed by atoms with Gasteiger partial charge in [-0.1, -0.05) is 12.1 Å². The van der Waals surface area contributed by atoms with E-state index < -0.39 is 0 Å². The van der Waals surface area contributed by atoms with E-state index in [1.54, 1.807) is 0 Å². The van der Waals surface area contributed by atoms with Gasteiger partial charge in [0, 0.05) is 23.3 Å². The van der Waals surface area contributed by atoms with Crippen molar-refractivity contribution in [1.29, 1.82) is 0 Å². The Hall–Kier alpha value is -2.54. The molecular weight excluding hydrogens is 359 g/mol. The van der Waals surface area contributed by atoms with Crippen molar-refractivity contribution >= 4 is 46.0 Å². The SMILES string of the molecule is BC(B)(B)n1cc(-c2ccc3cnc(NC(=O)[C@H](C)N4CCCC4)cc3c2)cn1. The molecule has 9 heteroatoms. The molecule has 3 heterocycles. The summed E-state index contributed by atoms with van der Waals surface area (Å²) in [4.78, 5) is 19.3. The Morgan fingerprint density at radius 1 is 1.10 bits per heavy atom. The van der Waals surface area contributed by atoms with E-state index in [0.29, 0.717) is 5.82 Å². The van der Waals surface area contributed by atoms with Gasteiger partial charge in [-0.2, -0.15) is 5.10 Å². The summed E-state index contributed by atoms with van der Waals surface area (Å²) in [7, 11) is 6.40. The number of rotatable bonds is 5. The van der Waals surface area contributed by atoms with Gasteiger partial charge in [0.2, 0.25) is 5.91 Å². The molecule has 0 aliphatic carbocycles. The van der Waals surface area contributed by atoms with E-state index in [0.717, 1.165) is 35.0 Å². The van der Waals surface area contributed by atoms with E-state index >= 15 is 0 Å². The van der Waals surface area contributed by atoms with Crippen LogP contribution in [0.2, 0.25) is 0 Å². The topological polar surface area (TPSA) is 63.1 Å². The molecule has 1 aliphatic rings. The monoisotopic (exact) mass is 385 g/mol. The smallest absolute Gasteiger partial charge is 0.242 e. The van der Waals surface area contributed by atoms with E-state index in [1.807, 2.05) is 30.1 Å². The normalized spacial score (nSPS) is 16.2. The first-order chi connectivity index (χ1) is 13.8. The van der Waals surface area contributed by atoms with E-state index in [9.17, 15) is 4.79 Å². The number of pyridine rings is 1. The maximum absolute atomic E-state index is 12.6. The number of amides is 1. The standard InChI is InChI=1S/C20H26B3N5O/c1-13(27-6-2-3-7-27)19(29)26-18-9-16-8-14(4-5-15(16)10-24-18)17-11-25-28(12-17)20(21,22)23/h4-5,8-13H,2-3,6-7,21-23H2,1H3,(H,24,26,29)/t13-/m0/s1. The maximum atomic E-state index is 12.6. The molecule has 0 unspecified atom stereocenters. The zero-order valence-corrected chi connectivity index (χ0v) is 17.6. The molecule has 29 heavy (non-hydrogen) atoms. The van der Waals surface area contributed by atoms with Crippen molar-refractivity contribution in [3.05, 3.63) is 42.9 Å². The number of aromatic nitrogens is 3. The fourth-order valence-corrected chi connectivity index (χ4v) is 3.75. The molecule has 4 rings (SSSR count). The molecule has 0 bridgehead atoms. The third-order valence-electron chi connectivity index (χ3n) is 5.64. The number of fused-ring (bicyclic) bond motifs is 1. The first-order valence-corrected chi connectivity index (χ1v) is 10.3. The average Bonchev–Trinajstić information content (AvgIpc) is 3.38. The van der Waals surface area contributed by atoms with Crippen LogP contribution in [0.1, 0.15) is 19.8 Å². The predicted molar refractivity (Wildman–Crippen MR) is 125 cm³/mol. The molecule has 1 amide bonds. The Kier molecular flexibility index (Phi) is 5.25. The quantitative estimate of drug-likeness (QED) is 0.628. The van der Waals surface area contributed by atoms with Crippen molar-refractivity contribution in [2.75, 3.05) is 18.4 Å². The number of anilines is 1. The van der Waals surface area contributed by atoms with Crippen LogP contribution in [0, 0.1) is 0 Å². The van der Waals surface area contributed by atoms with Gasteiger partial charge in [0.1, 0.15) is 29.4 Å². The van der Waals surface area contributed by atoms with Crippen LogP contribution in [-0.2, 0) is 10.0 Å². The van der Waals surface area contributed by atoms with Gasteiger partial charge in [-0.05, 0) is 61.2 Å². The highest BCUT2D eigenvalue weighted by Gasteiger charge is 2.24. The Morgan fingerprint density at radius 3 is 2.55 bits per heavy atom. The first-order valence-electron chi connectivity index (χ1n) is 10.3. The van der Waals surface area contributed by atoms with Crippen LogP contribution < -0.4 is 5.32 Å². The minimum Gasteiger partial charge on any atom is -0.309 e. The van der Waals surface area contributed by atoms with Crippen LogP contribution in [0.25, 0.3) is 21.9 Å². The van der Waals surface area contributed by atoms with Gasteiger partial charge in [0.15, 0.2) is 0 Å². The first kappa shape index (κ1) is 19.8. The number of benzene rings is 1. The van der Waals surface area contributed by atoms with Crippen LogP contribution in [0.4, 0.5) is 5.82 Å². The second kappa shape index (κ2) is 7.71. The summed E-state index contributed by atoms with van der Waals surface area (Å²) >= 11 is 0. The third kappa shape index (κ3) is 4.25. The van der Waals surface area contributed by atoms with Crippen LogP contribution >= 0.6 is 0 Å². The molecule has 1 aliphatic heterocycles. The molecule has 1 saturated heterocycles. The van der Waals surface area contributed by atoms with E-state index in [1.165, 1.54) is 12.8 Å². The Bertz CT molecular complexity index is 1040. The van der Waals surface area contributed by atoms with E-state index in [2.05, 4.69) is 68.2 Å². The average molecular weight is 385 g/mol. The molecule has 6 nitrogen and oxygen atoms in total. The van der Waals surface area contributed by atoms with Gasteiger partial charge < -0.3 is 5.32 Å². The molecule has 1 atom stereocenters. The summed E-state index contributed by atoms with van der Waals surface area (Å²) < 4.78 is 1.98. The number of nitrogens with zero attached hydrogens (tertiary/aromatic N) is 4. The second-order valence-electron chi connectivity index (χ2n) is 8.88. The van der Waals surface area contributed by atoms with Crippen LogP contribution in [0.15, 0.2) is 42.9 Å². The molecule has 146 valence electrons. The van der Waals surface area contributed by atoms with Crippen molar-refractivity contribution < 1.29 is 4.79 Å². The Morgan fingerprint density at radius 2 is 1.86 bits per heavy atom. The number of hydrogen-bond donors (Lipinski definition) is 1. The zero-order valence-electron chi connectivity index (χ0n) is 17.6. The lowest BCUT2D eigenvalue weighted by Gasteiger charge is -2.22. The molecule has 2 aromatic heterocycles. The van der Waals surface area contributed by atoms with Crippen molar-refractivity contribution in [3.63, 3.8) is 0 Å². The largest absolute Gasteiger partial charge is 0.309 e. The summed E-state index contributed by atoms with van der Waals surface area (Å²) in [6.07, 6.45) is 8.12. The summed E-state index contributed by atoms with van der Waals surface area (Å²) in [5.74, 6) is 0.595. The fraction of sp³-hybridized carbons (Fsp3) is 0.350. The summed E-state index contributed by atoms with van der Waals surface area (Å²) in [5, 5.41) is 9.52. The van der Waals surface area contributed by atoms with Crippen molar-refractivity contribution in [1.82, 2.24) is 19.7 Å². The van der Waals surface area contributed by atoms with Gasteiger partial charge in [0.25, 0.3) is 0 Å². The minimum absolute atomic E-state index is 0.00126. The highest BCUT2D eigenvalue weighted by Crippen LogP contribution is 2.26. The van der Waals surface area contributed by atoms with Gasteiger partial charge in [-0.15, -0.1) is 0 Å². The van der Waals surface area contributed by atoms with Crippen LogP contribution in [0.3, 0.4) is 0 Å². The van der Waals surface area contributed by atoms with E-state index in [-0.39, 0.29) is 17.2 Å². The summed E-state index contributed by atoms with van der Waals surface area (Å²) in [6, 6.07) is 8.08. The van der Waals surface area contributed by atoms with Crippen molar-refractivity contribution in [3.8, 4) is 11.1 Å². The molecule has 0 radical (unpaired) electrons. The van der Waals surface area contributed by atoms with Gasteiger partial charge >= 0.3 is 0 Å². The summed E-state index contributed by atoms with van der Waals surface area (Å²) in [5.41, 5.74) is 2.17. The second-order valence-corrected chi connectivity index (χ2v) is 8.88. The van der Waals surface area contributed by atoms with E-state index in [4.69, 9.17) is 0 Å². The summed E-state index contributed by atoms with van der Waals surface area (Å²) in [6.45, 7) is 3.95. The maximum Gasteiger partial charge on any atom is 0.242 e. The minimum atomic E-state index is -0.135. The highest BCUT2D eigenvalue weighted by molar-refractivity contribution is 6.56. The number of hydrogen-bond acceptors (Lipinski definition) is 4. The fourth-order valence-electron chi connectivity index (χ4n) is 3.75. The highest BCUT2D eigenvalue weighted by atomic mass is 16.2. The number of nitrogens with one attached hydrogen (secondary N) is 1. The van der Waals surface area contributed by atoms with Gasteiger partial charge in [-0.3, -0.25) is 14.4 Å². The zero-order chi connectivity index (χ0) is 20.6. The number of carbonyl (C=O) groups excluding carboxylic acids is 1. The predicted octanol–water partition coefficient (Wildman–Crippen LogP) is -0.0118. The Balaban J connectivity index is 1.56. The van der Waals surface area contributed by atoms with Crippen molar-refractivity contribution in [2.45, 2.75) is 31.0 Å². The van der Waals surface area contributed by atoms with Crippen molar-refractivity contribution in [2.24, 2.45) is 0 Å².